The SMILES string of the molecule is CNC(c1ccc2c(c1)oc(=O)n2C)C1C2CCCCC21. The van der Waals surface area contributed by atoms with Crippen LogP contribution >= 0.6 is 0 Å². The van der Waals surface area contributed by atoms with Crippen molar-refractivity contribution in [2.24, 2.45) is 24.8 Å². The fraction of sp³-hybridized carbons (Fsp3) is 0.588. The molecule has 1 aromatic carbocycles. The van der Waals surface area contributed by atoms with Gasteiger partial charge in [0.25, 0.3) is 0 Å². The Morgan fingerprint density at radius 1 is 1.29 bits per heavy atom. The van der Waals surface area contributed by atoms with E-state index < -0.39 is 0 Å². The van der Waals surface area contributed by atoms with Gasteiger partial charge in [-0.25, -0.2) is 4.79 Å². The lowest BCUT2D eigenvalue weighted by Gasteiger charge is -2.17. The van der Waals surface area contributed by atoms with E-state index >= 15 is 0 Å². The van der Waals surface area contributed by atoms with Gasteiger partial charge >= 0.3 is 5.76 Å². The summed E-state index contributed by atoms with van der Waals surface area (Å²) in [5.74, 6) is 2.26. The highest BCUT2D eigenvalue weighted by Crippen LogP contribution is 2.60. The fourth-order valence-corrected chi connectivity index (χ4v) is 4.47. The molecule has 0 bridgehead atoms. The Morgan fingerprint density at radius 2 is 2.00 bits per heavy atom. The first kappa shape index (κ1) is 13.1. The summed E-state index contributed by atoms with van der Waals surface area (Å²) < 4.78 is 6.89. The van der Waals surface area contributed by atoms with Gasteiger partial charge in [0, 0.05) is 13.1 Å². The van der Waals surface area contributed by atoms with Gasteiger partial charge in [0.15, 0.2) is 5.58 Å². The van der Waals surface area contributed by atoms with Crippen molar-refractivity contribution in [3.05, 3.63) is 34.3 Å². The average Bonchev–Trinajstić information content (AvgIpc) is 3.14. The molecule has 4 nitrogen and oxygen atoms in total. The highest BCUT2D eigenvalue weighted by molar-refractivity contribution is 5.73. The summed E-state index contributed by atoms with van der Waals surface area (Å²) in [4.78, 5) is 11.6. The first-order valence-electron chi connectivity index (χ1n) is 7.97. The Morgan fingerprint density at radius 3 is 2.67 bits per heavy atom. The molecule has 4 rings (SSSR count). The second kappa shape index (κ2) is 4.73. The zero-order valence-corrected chi connectivity index (χ0v) is 12.6. The van der Waals surface area contributed by atoms with E-state index in [1.54, 1.807) is 11.6 Å². The number of aryl methyl sites for hydroxylation is 1. The van der Waals surface area contributed by atoms with Gasteiger partial charge in [-0.05, 0) is 55.3 Å². The molecule has 2 fully saturated rings. The number of hydrogen-bond donors (Lipinski definition) is 1. The molecule has 2 aromatic rings. The van der Waals surface area contributed by atoms with Crippen molar-refractivity contribution >= 4 is 11.1 Å². The smallest absolute Gasteiger partial charge is 0.408 e. The van der Waals surface area contributed by atoms with E-state index in [1.165, 1.54) is 31.2 Å². The van der Waals surface area contributed by atoms with Crippen LogP contribution in [0.3, 0.4) is 0 Å². The Labute approximate surface area is 124 Å². The van der Waals surface area contributed by atoms with Crippen LogP contribution in [0.2, 0.25) is 0 Å². The lowest BCUT2D eigenvalue weighted by molar-refractivity contribution is 0.480. The maximum atomic E-state index is 11.6. The van der Waals surface area contributed by atoms with Crippen molar-refractivity contribution in [1.82, 2.24) is 9.88 Å². The van der Waals surface area contributed by atoms with Gasteiger partial charge < -0.3 is 9.73 Å². The minimum absolute atomic E-state index is 0.289. The summed E-state index contributed by atoms with van der Waals surface area (Å²) in [6, 6.07) is 6.57. The molecule has 0 saturated heterocycles. The molecule has 0 aliphatic heterocycles. The number of rotatable bonds is 3. The summed E-state index contributed by atoms with van der Waals surface area (Å²) in [6.45, 7) is 0. The first-order chi connectivity index (χ1) is 10.2. The molecule has 4 heteroatoms. The number of oxazole rings is 1. The van der Waals surface area contributed by atoms with Gasteiger partial charge in [-0.15, -0.1) is 0 Å². The standard InChI is InChI=1S/C17H22N2O2/c1-18-16(15-11-5-3-4-6-12(11)15)10-7-8-13-14(9-10)21-17(20)19(13)2/h7-9,11-12,15-16,18H,3-6H2,1-2H3. The third-order valence-electron chi connectivity index (χ3n) is 5.59. The number of nitrogens with one attached hydrogen (secondary N) is 1. The van der Waals surface area contributed by atoms with Gasteiger partial charge in [0.05, 0.1) is 5.52 Å². The number of benzene rings is 1. The van der Waals surface area contributed by atoms with Crippen LogP contribution in [0.4, 0.5) is 0 Å². The van der Waals surface area contributed by atoms with Crippen molar-refractivity contribution in [3.8, 4) is 0 Å². The summed E-state index contributed by atoms with van der Waals surface area (Å²) in [6.07, 6.45) is 5.55. The molecular weight excluding hydrogens is 264 g/mol. The zero-order chi connectivity index (χ0) is 14.6. The number of hydrogen-bond acceptors (Lipinski definition) is 3. The summed E-state index contributed by atoms with van der Waals surface area (Å²) in [5.41, 5.74) is 2.81. The molecule has 21 heavy (non-hydrogen) atoms. The number of nitrogens with zero attached hydrogens (tertiary/aromatic N) is 1. The van der Waals surface area contributed by atoms with E-state index in [1.807, 2.05) is 19.2 Å². The molecule has 1 N–H and O–H groups in total. The van der Waals surface area contributed by atoms with E-state index in [9.17, 15) is 4.79 Å². The molecule has 3 unspecified atom stereocenters. The van der Waals surface area contributed by atoms with Gasteiger partial charge in [-0.2, -0.15) is 0 Å². The largest absolute Gasteiger partial charge is 0.419 e. The third kappa shape index (κ3) is 1.96. The van der Waals surface area contributed by atoms with Crippen LogP contribution in [0.25, 0.3) is 11.1 Å². The zero-order valence-electron chi connectivity index (χ0n) is 12.6. The quantitative estimate of drug-likeness (QED) is 0.944. The predicted molar refractivity (Wildman–Crippen MR) is 82.2 cm³/mol. The van der Waals surface area contributed by atoms with E-state index in [4.69, 9.17) is 4.42 Å². The Kier molecular flexibility index (Phi) is 2.96. The van der Waals surface area contributed by atoms with E-state index in [0.717, 1.165) is 23.3 Å². The molecule has 0 spiro atoms. The number of aromatic nitrogens is 1. The van der Waals surface area contributed by atoms with Crippen molar-refractivity contribution in [1.29, 1.82) is 0 Å². The molecule has 2 saturated carbocycles. The molecule has 0 radical (unpaired) electrons. The monoisotopic (exact) mass is 286 g/mol. The molecule has 2 aliphatic carbocycles. The van der Waals surface area contributed by atoms with Crippen LogP contribution in [-0.2, 0) is 7.05 Å². The van der Waals surface area contributed by atoms with Gasteiger partial charge in [-0.1, -0.05) is 18.9 Å². The third-order valence-corrected chi connectivity index (χ3v) is 5.59. The minimum atomic E-state index is -0.289. The topological polar surface area (TPSA) is 47.2 Å². The lowest BCUT2D eigenvalue weighted by Crippen LogP contribution is -2.19. The normalized spacial score (nSPS) is 29.3. The second-order valence-corrected chi connectivity index (χ2v) is 6.61. The first-order valence-corrected chi connectivity index (χ1v) is 7.97. The Balaban J connectivity index is 1.69. The summed E-state index contributed by atoms with van der Waals surface area (Å²) in [5, 5.41) is 3.50. The van der Waals surface area contributed by atoms with Crippen molar-refractivity contribution in [3.63, 3.8) is 0 Å². The minimum Gasteiger partial charge on any atom is -0.408 e. The Hall–Kier alpha value is -1.55. The van der Waals surface area contributed by atoms with Crippen LogP contribution < -0.4 is 11.1 Å². The average molecular weight is 286 g/mol. The van der Waals surface area contributed by atoms with Crippen LogP contribution in [0.15, 0.2) is 27.4 Å². The molecule has 2 aliphatic rings. The van der Waals surface area contributed by atoms with Crippen LogP contribution in [0.1, 0.15) is 37.3 Å². The predicted octanol–water partition coefficient (Wildman–Crippen LogP) is 2.83. The lowest BCUT2D eigenvalue weighted by atomic mass is 9.99. The van der Waals surface area contributed by atoms with E-state index in [0.29, 0.717) is 11.6 Å². The fourth-order valence-electron chi connectivity index (χ4n) is 4.47. The Bertz CT molecular complexity index is 718. The number of fused-ring (bicyclic) bond motifs is 2. The molecule has 0 amide bonds. The highest BCUT2D eigenvalue weighted by Gasteiger charge is 2.54. The maximum absolute atomic E-state index is 11.6. The summed E-state index contributed by atoms with van der Waals surface area (Å²) in [7, 11) is 3.79. The highest BCUT2D eigenvalue weighted by atomic mass is 16.4. The van der Waals surface area contributed by atoms with E-state index in [-0.39, 0.29) is 5.76 Å². The maximum Gasteiger partial charge on any atom is 0.419 e. The van der Waals surface area contributed by atoms with Crippen LogP contribution in [0, 0.1) is 17.8 Å². The van der Waals surface area contributed by atoms with Crippen LogP contribution in [-0.4, -0.2) is 11.6 Å². The molecule has 1 aromatic heterocycles. The van der Waals surface area contributed by atoms with E-state index in [2.05, 4.69) is 11.4 Å². The molecule has 1 heterocycles. The van der Waals surface area contributed by atoms with Gasteiger partial charge in [0.2, 0.25) is 0 Å². The van der Waals surface area contributed by atoms with Gasteiger partial charge in [-0.3, -0.25) is 4.57 Å². The van der Waals surface area contributed by atoms with Crippen molar-refractivity contribution in [2.75, 3.05) is 7.05 Å². The molecule has 3 atom stereocenters. The summed E-state index contributed by atoms with van der Waals surface area (Å²) >= 11 is 0. The molecule has 112 valence electrons. The molecular formula is C17H22N2O2. The van der Waals surface area contributed by atoms with Crippen molar-refractivity contribution < 1.29 is 4.42 Å². The second-order valence-electron chi connectivity index (χ2n) is 6.61. The van der Waals surface area contributed by atoms with Crippen molar-refractivity contribution in [2.45, 2.75) is 31.7 Å². The van der Waals surface area contributed by atoms with Gasteiger partial charge in [0.1, 0.15) is 0 Å². The van der Waals surface area contributed by atoms with Crippen LogP contribution in [0.5, 0.6) is 0 Å².